The van der Waals surface area contributed by atoms with Crippen LogP contribution >= 0.6 is 0 Å². The Hall–Kier alpha value is -4.07. The Morgan fingerprint density at radius 1 is 0.900 bits per heavy atom. The molecule has 0 aliphatic heterocycles. The van der Waals surface area contributed by atoms with Crippen molar-refractivity contribution in [2.75, 3.05) is 23.7 Å². The van der Waals surface area contributed by atoms with Gasteiger partial charge in [-0.25, -0.2) is 14.3 Å². The fourth-order valence-corrected chi connectivity index (χ4v) is 3.11. The second-order valence-corrected chi connectivity index (χ2v) is 6.74. The van der Waals surface area contributed by atoms with E-state index in [1.165, 1.54) is 9.08 Å². The Kier molecular flexibility index (Phi) is 5.75. The number of fused-ring (bicyclic) bond motifs is 1. The van der Waals surface area contributed by atoms with Crippen LogP contribution in [0.2, 0.25) is 0 Å². The third-order valence-corrected chi connectivity index (χ3v) is 4.52. The van der Waals surface area contributed by atoms with Crippen LogP contribution in [0.3, 0.4) is 0 Å². The largest absolute Gasteiger partial charge is 0.383 e. The number of amides is 2. The van der Waals surface area contributed by atoms with E-state index in [1.807, 2.05) is 54.6 Å². The first-order valence-electron chi connectivity index (χ1n) is 9.66. The predicted octanol–water partition coefficient (Wildman–Crippen LogP) is 2.78. The summed E-state index contributed by atoms with van der Waals surface area (Å²) in [4.78, 5) is 24.6. The summed E-state index contributed by atoms with van der Waals surface area (Å²) in [5.74, 6) is 0. The summed E-state index contributed by atoms with van der Waals surface area (Å²) in [6, 6.07) is 22.3. The predicted molar refractivity (Wildman–Crippen MR) is 117 cm³/mol. The molecule has 3 N–H and O–H groups in total. The molecule has 0 bridgehead atoms. The first-order valence-corrected chi connectivity index (χ1v) is 9.66. The van der Waals surface area contributed by atoms with Crippen molar-refractivity contribution in [3.63, 3.8) is 0 Å². The van der Waals surface area contributed by atoms with E-state index in [9.17, 15) is 9.59 Å². The van der Waals surface area contributed by atoms with Crippen LogP contribution in [-0.2, 0) is 6.54 Å². The molecule has 0 atom stereocenters. The minimum Gasteiger partial charge on any atom is -0.383 e. The Morgan fingerprint density at radius 2 is 1.70 bits per heavy atom. The van der Waals surface area contributed by atoms with Crippen LogP contribution in [0.15, 0.2) is 83.8 Å². The first-order chi connectivity index (χ1) is 14.7. The van der Waals surface area contributed by atoms with Gasteiger partial charge in [0.1, 0.15) is 0 Å². The van der Waals surface area contributed by atoms with Crippen molar-refractivity contribution in [3.05, 3.63) is 95.0 Å². The molecule has 0 unspecified atom stereocenters. The van der Waals surface area contributed by atoms with Crippen LogP contribution in [0.1, 0.15) is 5.56 Å². The average molecular weight is 402 g/mol. The molecule has 0 saturated heterocycles. The highest BCUT2D eigenvalue weighted by molar-refractivity contribution is 5.89. The molecule has 4 rings (SSSR count). The number of nitrogens with one attached hydrogen (secondary N) is 3. The van der Waals surface area contributed by atoms with Crippen LogP contribution in [0.4, 0.5) is 16.2 Å². The van der Waals surface area contributed by atoms with Crippen molar-refractivity contribution in [2.45, 2.75) is 6.54 Å². The van der Waals surface area contributed by atoms with Crippen LogP contribution in [0.25, 0.3) is 5.65 Å². The number of carbonyl (C=O) groups excluding carboxylic acids is 1. The molecule has 4 aromatic rings. The van der Waals surface area contributed by atoms with E-state index in [4.69, 9.17) is 0 Å². The van der Waals surface area contributed by atoms with Crippen LogP contribution in [0.5, 0.6) is 0 Å². The number of pyridine rings is 1. The van der Waals surface area contributed by atoms with E-state index in [1.54, 1.807) is 24.4 Å². The number of anilines is 2. The third kappa shape index (κ3) is 4.67. The van der Waals surface area contributed by atoms with Crippen molar-refractivity contribution < 1.29 is 4.79 Å². The summed E-state index contributed by atoms with van der Waals surface area (Å²) in [5, 5.41) is 13.2. The van der Waals surface area contributed by atoms with Crippen LogP contribution in [-0.4, -0.2) is 33.3 Å². The molecule has 8 heteroatoms. The molecule has 0 aliphatic rings. The van der Waals surface area contributed by atoms with Gasteiger partial charge in [-0.2, -0.15) is 0 Å². The number of hydrogen-bond donors (Lipinski definition) is 3. The number of para-hydroxylation sites is 1. The lowest BCUT2D eigenvalue weighted by Crippen LogP contribution is -2.32. The Labute approximate surface area is 173 Å². The van der Waals surface area contributed by atoms with Crippen molar-refractivity contribution in [1.82, 2.24) is 19.5 Å². The molecule has 0 spiro atoms. The fraction of sp³-hybridized carbons (Fsp3) is 0.136. The van der Waals surface area contributed by atoms with E-state index in [2.05, 4.69) is 21.0 Å². The molecule has 30 heavy (non-hydrogen) atoms. The molecule has 0 aliphatic carbocycles. The van der Waals surface area contributed by atoms with Gasteiger partial charge in [-0.1, -0.05) is 36.4 Å². The smallest absolute Gasteiger partial charge is 0.350 e. The lowest BCUT2D eigenvalue weighted by Gasteiger charge is -2.10. The van der Waals surface area contributed by atoms with E-state index in [0.29, 0.717) is 31.0 Å². The Bertz CT molecular complexity index is 1200. The molecule has 2 aromatic carbocycles. The number of carbonyl (C=O) groups is 1. The summed E-state index contributed by atoms with van der Waals surface area (Å²) in [6.45, 7) is 1.42. The zero-order chi connectivity index (χ0) is 20.8. The summed E-state index contributed by atoms with van der Waals surface area (Å²) in [5.41, 5.74) is 2.92. The number of aromatic nitrogens is 3. The molecule has 0 fully saturated rings. The number of rotatable bonds is 7. The number of benzene rings is 2. The molecule has 2 amide bonds. The van der Waals surface area contributed by atoms with Gasteiger partial charge in [0.05, 0.1) is 6.54 Å². The van der Waals surface area contributed by atoms with Crippen LogP contribution < -0.4 is 21.6 Å². The van der Waals surface area contributed by atoms with E-state index in [-0.39, 0.29) is 11.7 Å². The zero-order valence-electron chi connectivity index (χ0n) is 16.3. The molecule has 0 radical (unpaired) electrons. The summed E-state index contributed by atoms with van der Waals surface area (Å²) >= 11 is 0. The highest BCUT2D eigenvalue weighted by Crippen LogP contribution is 2.11. The van der Waals surface area contributed by atoms with Crippen LogP contribution in [0, 0.1) is 0 Å². The van der Waals surface area contributed by atoms with Crippen molar-refractivity contribution >= 4 is 23.1 Å². The monoisotopic (exact) mass is 402 g/mol. The Balaban J connectivity index is 1.32. The SMILES string of the molecule is O=C(NCCNc1ccccc1)Nc1cccc(Cn2nc3ccccn3c2=O)c1. The van der Waals surface area contributed by atoms with Gasteiger partial charge in [0.2, 0.25) is 0 Å². The molecule has 2 aromatic heterocycles. The average Bonchev–Trinajstić information content (AvgIpc) is 3.08. The maximum absolute atomic E-state index is 12.4. The lowest BCUT2D eigenvalue weighted by atomic mass is 10.2. The van der Waals surface area contributed by atoms with Gasteiger partial charge in [0.15, 0.2) is 5.65 Å². The summed E-state index contributed by atoms with van der Waals surface area (Å²) < 4.78 is 2.91. The van der Waals surface area contributed by atoms with Gasteiger partial charge in [-0.15, -0.1) is 5.10 Å². The summed E-state index contributed by atoms with van der Waals surface area (Å²) in [6.07, 6.45) is 1.69. The highest BCUT2D eigenvalue weighted by Gasteiger charge is 2.08. The van der Waals surface area contributed by atoms with Gasteiger partial charge < -0.3 is 16.0 Å². The maximum Gasteiger partial charge on any atom is 0.350 e. The second-order valence-electron chi connectivity index (χ2n) is 6.74. The van der Waals surface area contributed by atoms with Gasteiger partial charge >= 0.3 is 11.7 Å². The molecular weight excluding hydrogens is 380 g/mol. The quantitative estimate of drug-likeness (QED) is 0.415. The van der Waals surface area contributed by atoms with Gasteiger partial charge in [0, 0.05) is 30.7 Å². The standard InChI is InChI=1S/C22H22N6O2/c29-21(24-13-12-23-18-8-2-1-3-9-18)25-19-10-6-7-17(15-19)16-28-22(30)27-14-5-4-11-20(27)26-28/h1-11,14-15,23H,12-13,16H2,(H2,24,25,29). The maximum atomic E-state index is 12.4. The molecule has 152 valence electrons. The molecule has 8 nitrogen and oxygen atoms in total. The van der Waals surface area contributed by atoms with Gasteiger partial charge in [-0.05, 0) is 42.0 Å². The second kappa shape index (κ2) is 8.95. The minimum absolute atomic E-state index is 0.201. The first kappa shape index (κ1) is 19.3. The minimum atomic E-state index is -0.285. The number of nitrogens with zero attached hydrogens (tertiary/aromatic N) is 3. The zero-order valence-corrected chi connectivity index (χ0v) is 16.3. The highest BCUT2D eigenvalue weighted by atomic mass is 16.2. The molecular formula is C22H22N6O2. The van der Waals surface area contributed by atoms with Crippen molar-refractivity contribution in [1.29, 1.82) is 0 Å². The van der Waals surface area contributed by atoms with Gasteiger partial charge in [-0.3, -0.25) is 4.40 Å². The fourth-order valence-electron chi connectivity index (χ4n) is 3.11. The molecule has 0 saturated carbocycles. The van der Waals surface area contributed by atoms with Gasteiger partial charge in [0.25, 0.3) is 0 Å². The lowest BCUT2D eigenvalue weighted by molar-refractivity contribution is 0.252. The van der Waals surface area contributed by atoms with E-state index in [0.717, 1.165) is 11.3 Å². The summed E-state index contributed by atoms with van der Waals surface area (Å²) in [7, 11) is 0. The van der Waals surface area contributed by atoms with E-state index >= 15 is 0 Å². The van der Waals surface area contributed by atoms with Crippen molar-refractivity contribution in [2.24, 2.45) is 0 Å². The molecule has 2 heterocycles. The topological polar surface area (TPSA) is 92.5 Å². The normalized spacial score (nSPS) is 10.7. The van der Waals surface area contributed by atoms with Crippen molar-refractivity contribution in [3.8, 4) is 0 Å². The van der Waals surface area contributed by atoms with E-state index < -0.39 is 0 Å². The number of hydrogen-bond acceptors (Lipinski definition) is 4. The number of urea groups is 1. The Morgan fingerprint density at radius 3 is 2.53 bits per heavy atom. The third-order valence-electron chi connectivity index (χ3n) is 4.52.